The smallest absolute Gasteiger partial charge is 0.0593 e. The fourth-order valence-corrected chi connectivity index (χ4v) is 2.97. The summed E-state index contributed by atoms with van der Waals surface area (Å²) in [7, 11) is 0. The fourth-order valence-electron chi connectivity index (χ4n) is 2.97. The molecule has 0 spiro atoms. The van der Waals surface area contributed by atoms with Crippen LogP contribution in [-0.2, 0) is 4.74 Å². The zero-order valence-corrected chi connectivity index (χ0v) is 13.9. The van der Waals surface area contributed by atoms with E-state index in [1.165, 1.54) is 12.8 Å². The maximum absolute atomic E-state index is 5.79. The first kappa shape index (κ1) is 16.9. The van der Waals surface area contributed by atoms with Crippen LogP contribution in [0.4, 0.5) is 0 Å². The van der Waals surface area contributed by atoms with Crippen molar-refractivity contribution in [2.24, 2.45) is 5.92 Å². The Morgan fingerprint density at radius 3 is 2.37 bits per heavy atom. The highest BCUT2D eigenvalue weighted by atomic mass is 16.5. The minimum atomic E-state index is 0.214. The monoisotopic (exact) mass is 270 g/mol. The SMILES string of the molecule is CCC1(CC)CNC(C)(C)CN1CCOCC(C)C. The van der Waals surface area contributed by atoms with Crippen LogP contribution in [0.2, 0.25) is 0 Å². The molecule has 1 fully saturated rings. The van der Waals surface area contributed by atoms with Gasteiger partial charge in [0.1, 0.15) is 0 Å². The molecule has 0 saturated carbocycles. The van der Waals surface area contributed by atoms with Gasteiger partial charge in [-0.2, -0.15) is 0 Å². The van der Waals surface area contributed by atoms with Crippen molar-refractivity contribution in [3.63, 3.8) is 0 Å². The van der Waals surface area contributed by atoms with E-state index in [4.69, 9.17) is 4.74 Å². The predicted molar refractivity (Wildman–Crippen MR) is 82.6 cm³/mol. The van der Waals surface area contributed by atoms with Gasteiger partial charge in [0, 0.05) is 37.3 Å². The normalized spacial score (nSPS) is 22.9. The van der Waals surface area contributed by atoms with Crippen LogP contribution < -0.4 is 5.32 Å². The van der Waals surface area contributed by atoms with Gasteiger partial charge in [-0.3, -0.25) is 4.90 Å². The van der Waals surface area contributed by atoms with Gasteiger partial charge < -0.3 is 10.1 Å². The van der Waals surface area contributed by atoms with Crippen molar-refractivity contribution in [2.45, 2.75) is 65.5 Å². The van der Waals surface area contributed by atoms with Crippen LogP contribution in [0, 0.1) is 5.92 Å². The molecular formula is C16H34N2O. The van der Waals surface area contributed by atoms with Gasteiger partial charge in [0.15, 0.2) is 0 Å². The summed E-state index contributed by atoms with van der Waals surface area (Å²) in [6, 6.07) is 0. The Morgan fingerprint density at radius 2 is 1.84 bits per heavy atom. The Balaban J connectivity index is 2.57. The lowest BCUT2D eigenvalue weighted by Crippen LogP contribution is -2.68. The average Bonchev–Trinajstić information content (AvgIpc) is 2.35. The van der Waals surface area contributed by atoms with E-state index in [2.05, 4.69) is 51.8 Å². The van der Waals surface area contributed by atoms with Crippen LogP contribution >= 0.6 is 0 Å². The number of hydrogen-bond donors (Lipinski definition) is 1. The van der Waals surface area contributed by atoms with Crippen LogP contribution in [0.25, 0.3) is 0 Å². The van der Waals surface area contributed by atoms with Crippen LogP contribution in [0.1, 0.15) is 54.4 Å². The predicted octanol–water partition coefficient (Wildman–Crippen LogP) is 2.90. The molecule has 1 heterocycles. The molecule has 0 aromatic carbocycles. The number of nitrogens with one attached hydrogen (secondary N) is 1. The highest BCUT2D eigenvalue weighted by Gasteiger charge is 2.41. The van der Waals surface area contributed by atoms with Crippen molar-refractivity contribution in [2.75, 3.05) is 32.8 Å². The molecule has 1 aliphatic rings. The summed E-state index contributed by atoms with van der Waals surface area (Å²) in [5.74, 6) is 0.626. The van der Waals surface area contributed by atoms with Crippen molar-refractivity contribution in [1.29, 1.82) is 0 Å². The average molecular weight is 270 g/mol. The summed E-state index contributed by atoms with van der Waals surface area (Å²) in [5.41, 5.74) is 0.530. The zero-order valence-electron chi connectivity index (χ0n) is 13.9. The van der Waals surface area contributed by atoms with Gasteiger partial charge in [0.05, 0.1) is 6.61 Å². The molecule has 19 heavy (non-hydrogen) atoms. The van der Waals surface area contributed by atoms with Crippen LogP contribution in [0.5, 0.6) is 0 Å². The molecular weight excluding hydrogens is 236 g/mol. The van der Waals surface area contributed by atoms with E-state index < -0.39 is 0 Å². The Bertz CT molecular complexity index is 259. The van der Waals surface area contributed by atoms with E-state index >= 15 is 0 Å². The van der Waals surface area contributed by atoms with Crippen LogP contribution in [0.3, 0.4) is 0 Å². The summed E-state index contributed by atoms with van der Waals surface area (Å²) in [4.78, 5) is 2.66. The molecule has 0 aliphatic carbocycles. The lowest BCUT2D eigenvalue weighted by molar-refractivity contribution is -0.0152. The molecule has 0 unspecified atom stereocenters. The standard InChI is InChI=1S/C16H34N2O/c1-7-16(8-2)12-17-15(5,6)13-18(16)9-10-19-11-14(3)4/h14,17H,7-13H2,1-6H3. The molecule has 1 rings (SSSR count). The number of nitrogens with zero attached hydrogens (tertiary/aromatic N) is 1. The van der Waals surface area contributed by atoms with Gasteiger partial charge in [0.25, 0.3) is 0 Å². The van der Waals surface area contributed by atoms with E-state index in [9.17, 15) is 0 Å². The van der Waals surface area contributed by atoms with Gasteiger partial charge in [-0.1, -0.05) is 27.7 Å². The summed E-state index contributed by atoms with van der Waals surface area (Å²) in [5, 5.41) is 3.71. The molecule has 0 aromatic rings. The minimum Gasteiger partial charge on any atom is -0.380 e. The first-order valence-corrected chi connectivity index (χ1v) is 7.93. The molecule has 0 atom stereocenters. The van der Waals surface area contributed by atoms with Crippen molar-refractivity contribution >= 4 is 0 Å². The van der Waals surface area contributed by atoms with Crippen molar-refractivity contribution in [3.05, 3.63) is 0 Å². The third-order valence-corrected chi connectivity index (χ3v) is 4.43. The number of rotatable bonds is 7. The van der Waals surface area contributed by atoms with Crippen LogP contribution in [-0.4, -0.2) is 48.8 Å². The molecule has 0 amide bonds. The van der Waals surface area contributed by atoms with Gasteiger partial charge in [-0.15, -0.1) is 0 Å². The van der Waals surface area contributed by atoms with Gasteiger partial charge in [0.2, 0.25) is 0 Å². The van der Waals surface area contributed by atoms with Crippen molar-refractivity contribution in [3.8, 4) is 0 Å². The maximum atomic E-state index is 5.79. The molecule has 114 valence electrons. The van der Waals surface area contributed by atoms with E-state index in [0.717, 1.165) is 32.8 Å². The number of hydrogen-bond acceptors (Lipinski definition) is 3. The molecule has 0 aromatic heterocycles. The third kappa shape index (κ3) is 4.73. The number of ether oxygens (including phenoxy) is 1. The second-order valence-electron chi connectivity index (χ2n) is 7.06. The highest BCUT2D eigenvalue weighted by molar-refractivity contribution is 5.00. The van der Waals surface area contributed by atoms with Gasteiger partial charge in [-0.05, 0) is 32.6 Å². The molecule has 1 aliphatic heterocycles. The minimum absolute atomic E-state index is 0.214. The zero-order chi connectivity index (χ0) is 14.5. The molecule has 3 nitrogen and oxygen atoms in total. The lowest BCUT2D eigenvalue weighted by atomic mass is 9.84. The van der Waals surface area contributed by atoms with E-state index in [0.29, 0.717) is 11.5 Å². The Hall–Kier alpha value is -0.120. The van der Waals surface area contributed by atoms with E-state index in [-0.39, 0.29) is 5.54 Å². The quantitative estimate of drug-likeness (QED) is 0.720. The summed E-state index contributed by atoms with van der Waals surface area (Å²) in [6.07, 6.45) is 2.41. The van der Waals surface area contributed by atoms with Crippen LogP contribution in [0.15, 0.2) is 0 Å². The van der Waals surface area contributed by atoms with E-state index in [1.54, 1.807) is 0 Å². The van der Waals surface area contributed by atoms with E-state index in [1.807, 2.05) is 0 Å². The summed E-state index contributed by atoms with van der Waals surface area (Å²) in [6.45, 7) is 18.6. The first-order valence-electron chi connectivity index (χ1n) is 7.93. The molecule has 0 radical (unpaired) electrons. The Labute approximate surface area is 120 Å². The molecule has 3 heteroatoms. The largest absolute Gasteiger partial charge is 0.380 e. The molecule has 0 bridgehead atoms. The summed E-state index contributed by atoms with van der Waals surface area (Å²) >= 11 is 0. The van der Waals surface area contributed by atoms with Crippen molar-refractivity contribution in [1.82, 2.24) is 10.2 Å². The van der Waals surface area contributed by atoms with Gasteiger partial charge >= 0.3 is 0 Å². The lowest BCUT2D eigenvalue weighted by Gasteiger charge is -2.52. The summed E-state index contributed by atoms with van der Waals surface area (Å²) < 4.78 is 5.79. The highest BCUT2D eigenvalue weighted by Crippen LogP contribution is 2.29. The van der Waals surface area contributed by atoms with Gasteiger partial charge in [-0.25, -0.2) is 0 Å². The fraction of sp³-hybridized carbons (Fsp3) is 1.00. The van der Waals surface area contributed by atoms with Crippen molar-refractivity contribution < 1.29 is 4.74 Å². The molecule has 1 saturated heterocycles. The topological polar surface area (TPSA) is 24.5 Å². The molecule has 1 N–H and O–H groups in total. The Morgan fingerprint density at radius 1 is 1.21 bits per heavy atom. The maximum Gasteiger partial charge on any atom is 0.0593 e. The third-order valence-electron chi connectivity index (χ3n) is 4.43. The Kier molecular flexibility index (Phi) is 6.28. The first-order chi connectivity index (χ1) is 8.85. The number of piperazine rings is 1. The second kappa shape index (κ2) is 7.05. The second-order valence-corrected chi connectivity index (χ2v) is 7.06.